The molecule has 1 aromatic rings. The van der Waals surface area contributed by atoms with Crippen molar-refractivity contribution in [2.75, 3.05) is 40.0 Å². The molecule has 0 spiro atoms. The molecule has 0 aliphatic heterocycles. The first kappa shape index (κ1) is 19.7. The molecule has 142 valence electrons. The zero-order valence-electron chi connectivity index (χ0n) is 16.0. The van der Waals surface area contributed by atoms with Crippen LogP contribution in [0.25, 0.3) is 0 Å². The van der Waals surface area contributed by atoms with Crippen LogP contribution in [0.3, 0.4) is 0 Å². The fourth-order valence-corrected chi connectivity index (χ4v) is 2.58. The first-order valence-electron chi connectivity index (χ1n) is 9.04. The van der Waals surface area contributed by atoms with Crippen molar-refractivity contribution in [1.82, 2.24) is 25.4 Å². The second kappa shape index (κ2) is 9.72. The maximum absolute atomic E-state index is 5.51. The number of aromatic nitrogens is 3. The van der Waals surface area contributed by atoms with E-state index in [2.05, 4.69) is 25.8 Å². The van der Waals surface area contributed by atoms with E-state index >= 15 is 0 Å². The second-order valence-electron chi connectivity index (χ2n) is 6.61. The van der Waals surface area contributed by atoms with Gasteiger partial charge < -0.3 is 24.7 Å². The fraction of sp³-hybridized carbons (Fsp3) is 0.824. The van der Waals surface area contributed by atoms with Crippen LogP contribution < -0.4 is 10.6 Å². The molecule has 0 bridgehead atoms. The van der Waals surface area contributed by atoms with Gasteiger partial charge >= 0.3 is 0 Å². The number of hydrogen-bond donors (Lipinski definition) is 2. The van der Waals surface area contributed by atoms with Gasteiger partial charge in [-0.15, -0.1) is 10.2 Å². The summed E-state index contributed by atoms with van der Waals surface area (Å²) >= 11 is 0. The lowest BCUT2D eigenvalue weighted by Gasteiger charge is -2.18. The Kier molecular flexibility index (Phi) is 7.64. The smallest absolute Gasteiger partial charge is 0.191 e. The molecule has 0 atom stereocenters. The first-order chi connectivity index (χ1) is 12.1. The molecule has 1 saturated carbocycles. The topological polar surface area (TPSA) is 85.6 Å². The number of nitrogens with one attached hydrogen (secondary N) is 2. The largest absolute Gasteiger partial charge is 0.383 e. The Labute approximate surface area is 150 Å². The Morgan fingerprint density at radius 3 is 2.68 bits per heavy atom. The van der Waals surface area contributed by atoms with Crippen LogP contribution in [0, 0.1) is 12.3 Å². The molecular weight excluding hydrogens is 320 g/mol. The van der Waals surface area contributed by atoms with Gasteiger partial charge in [0.15, 0.2) is 11.8 Å². The summed E-state index contributed by atoms with van der Waals surface area (Å²) in [5.74, 6) is 2.53. The fourth-order valence-electron chi connectivity index (χ4n) is 2.58. The van der Waals surface area contributed by atoms with Crippen molar-refractivity contribution in [3.8, 4) is 0 Å². The Balaban J connectivity index is 1.88. The molecule has 1 heterocycles. The standard InChI is InChI=1S/C17H32N6O2/c1-5-25-10-8-17(6-7-17)13-20-16(18-9-11-24-4)19-12-15-22-21-14(2)23(15)3/h5-13H2,1-4H3,(H2,18,19,20). The number of aliphatic imine (C=N–C) groups is 1. The van der Waals surface area contributed by atoms with Crippen molar-refractivity contribution >= 4 is 5.96 Å². The molecule has 25 heavy (non-hydrogen) atoms. The lowest BCUT2D eigenvalue weighted by atomic mass is 10.0. The van der Waals surface area contributed by atoms with E-state index in [4.69, 9.17) is 9.47 Å². The van der Waals surface area contributed by atoms with Crippen LogP contribution >= 0.6 is 0 Å². The number of rotatable bonds is 11. The quantitative estimate of drug-likeness (QED) is 0.351. The summed E-state index contributed by atoms with van der Waals surface area (Å²) in [6.07, 6.45) is 3.60. The minimum absolute atomic E-state index is 0.361. The predicted octanol–water partition coefficient (Wildman–Crippen LogP) is 1.01. The van der Waals surface area contributed by atoms with Crippen LogP contribution in [0.4, 0.5) is 0 Å². The lowest BCUT2D eigenvalue weighted by molar-refractivity contribution is 0.128. The summed E-state index contributed by atoms with van der Waals surface area (Å²) in [5, 5.41) is 15.0. The molecule has 1 aliphatic rings. The zero-order chi connectivity index (χ0) is 18.1. The molecule has 1 fully saturated rings. The number of ether oxygens (including phenoxy) is 2. The van der Waals surface area contributed by atoms with Gasteiger partial charge in [0.2, 0.25) is 0 Å². The monoisotopic (exact) mass is 352 g/mol. The number of aryl methyl sites for hydroxylation is 1. The second-order valence-corrected chi connectivity index (χ2v) is 6.61. The van der Waals surface area contributed by atoms with Crippen molar-refractivity contribution in [3.05, 3.63) is 11.6 Å². The van der Waals surface area contributed by atoms with E-state index < -0.39 is 0 Å². The third kappa shape index (κ3) is 6.28. The van der Waals surface area contributed by atoms with Crippen molar-refractivity contribution in [1.29, 1.82) is 0 Å². The number of hydrogen-bond acceptors (Lipinski definition) is 5. The van der Waals surface area contributed by atoms with Gasteiger partial charge in [-0.25, -0.2) is 4.99 Å². The first-order valence-corrected chi connectivity index (χ1v) is 9.04. The predicted molar refractivity (Wildman–Crippen MR) is 97.5 cm³/mol. The minimum atomic E-state index is 0.361. The molecule has 2 N–H and O–H groups in total. The summed E-state index contributed by atoms with van der Waals surface area (Å²) in [6.45, 7) is 8.35. The highest BCUT2D eigenvalue weighted by atomic mass is 16.5. The summed E-state index contributed by atoms with van der Waals surface area (Å²) in [7, 11) is 3.65. The van der Waals surface area contributed by atoms with Gasteiger partial charge in [0.25, 0.3) is 0 Å². The lowest BCUT2D eigenvalue weighted by Crippen LogP contribution is -2.42. The number of methoxy groups -OCH3 is 1. The molecule has 8 nitrogen and oxygen atoms in total. The third-order valence-electron chi connectivity index (χ3n) is 4.73. The van der Waals surface area contributed by atoms with Gasteiger partial charge in [-0.05, 0) is 38.5 Å². The Hall–Kier alpha value is -1.67. The Morgan fingerprint density at radius 2 is 2.08 bits per heavy atom. The van der Waals surface area contributed by atoms with Gasteiger partial charge in [0, 0.05) is 40.5 Å². The molecule has 2 rings (SSSR count). The maximum atomic E-state index is 5.51. The van der Waals surface area contributed by atoms with E-state index in [1.54, 1.807) is 7.11 Å². The van der Waals surface area contributed by atoms with Gasteiger partial charge in [-0.1, -0.05) is 0 Å². The summed E-state index contributed by atoms with van der Waals surface area (Å²) < 4.78 is 12.6. The summed E-state index contributed by atoms with van der Waals surface area (Å²) in [6, 6.07) is 0. The normalized spacial score (nSPS) is 16.1. The summed E-state index contributed by atoms with van der Waals surface area (Å²) in [4.78, 5) is 4.65. The molecule has 1 aromatic heterocycles. The molecule has 1 aliphatic carbocycles. The molecule has 0 saturated heterocycles. The minimum Gasteiger partial charge on any atom is -0.383 e. The van der Waals surface area contributed by atoms with E-state index in [1.165, 1.54) is 12.8 Å². The highest BCUT2D eigenvalue weighted by Gasteiger charge is 2.41. The van der Waals surface area contributed by atoms with Crippen molar-refractivity contribution in [2.45, 2.75) is 39.7 Å². The molecule has 0 amide bonds. The highest BCUT2D eigenvalue weighted by Crippen LogP contribution is 2.48. The highest BCUT2D eigenvalue weighted by molar-refractivity contribution is 5.79. The van der Waals surface area contributed by atoms with Gasteiger partial charge in [0.1, 0.15) is 12.4 Å². The molecule has 0 aromatic carbocycles. The van der Waals surface area contributed by atoms with Gasteiger partial charge in [-0.2, -0.15) is 0 Å². The SMILES string of the molecule is CCOCCC1(CNC(=NCc2nnc(C)n2C)NCCOC)CC1. The van der Waals surface area contributed by atoms with Crippen LogP contribution in [-0.4, -0.2) is 60.7 Å². The average Bonchev–Trinajstić information content (AvgIpc) is 3.31. The molecule has 0 unspecified atom stereocenters. The van der Waals surface area contributed by atoms with E-state index in [-0.39, 0.29) is 0 Å². The van der Waals surface area contributed by atoms with E-state index in [9.17, 15) is 0 Å². The number of guanidine groups is 1. The van der Waals surface area contributed by atoms with Crippen molar-refractivity contribution in [2.24, 2.45) is 17.5 Å². The molecule has 0 radical (unpaired) electrons. The van der Waals surface area contributed by atoms with Crippen LogP contribution in [-0.2, 0) is 23.1 Å². The zero-order valence-corrected chi connectivity index (χ0v) is 16.0. The molecule has 8 heteroatoms. The van der Waals surface area contributed by atoms with E-state index in [1.807, 2.05) is 25.5 Å². The van der Waals surface area contributed by atoms with Crippen LogP contribution in [0.1, 0.15) is 37.8 Å². The Morgan fingerprint density at radius 1 is 1.28 bits per heavy atom. The molecular formula is C17H32N6O2. The average molecular weight is 352 g/mol. The van der Waals surface area contributed by atoms with E-state index in [0.717, 1.165) is 43.8 Å². The van der Waals surface area contributed by atoms with Crippen LogP contribution in [0.2, 0.25) is 0 Å². The Bertz CT molecular complexity index is 553. The van der Waals surface area contributed by atoms with Crippen molar-refractivity contribution in [3.63, 3.8) is 0 Å². The van der Waals surface area contributed by atoms with E-state index in [0.29, 0.717) is 25.1 Å². The van der Waals surface area contributed by atoms with Gasteiger partial charge in [0.05, 0.1) is 6.61 Å². The van der Waals surface area contributed by atoms with Crippen molar-refractivity contribution < 1.29 is 9.47 Å². The third-order valence-corrected chi connectivity index (χ3v) is 4.73. The summed E-state index contributed by atoms with van der Waals surface area (Å²) in [5.41, 5.74) is 0.361. The maximum Gasteiger partial charge on any atom is 0.191 e. The van der Waals surface area contributed by atoms with Crippen LogP contribution in [0.15, 0.2) is 4.99 Å². The van der Waals surface area contributed by atoms with Crippen LogP contribution in [0.5, 0.6) is 0 Å². The van der Waals surface area contributed by atoms with Gasteiger partial charge in [-0.3, -0.25) is 0 Å². The number of nitrogens with zero attached hydrogens (tertiary/aromatic N) is 4.